The predicted molar refractivity (Wildman–Crippen MR) is 43.1 cm³/mol. The van der Waals surface area contributed by atoms with Crippen molar-refractivity contribution in [2.45, 2.75) is 6.42 Å². The van der Waals surface area contributed by atoms with Crippen LogP contribution >= 0.6 is 0 Å². The van der Waals surface area contributed by atoms with Gasteiger partial charge in [0.15, 0.2) is 0 Å². The molecule has 4 amide bonds. The quantitative estimate of drug-likeness (QED) is 0.521. The highest BCUT2D eigenvalue weighted by Gasteiger charge is 2.05. The van der Waals surface area contributed by atoms with Crippen LogP contribution in [0.1, 0.15) is 6.42 Å². The molecule has 0 aromatic carbocycles. The van der Waals surface area contributed by atoms with E-state index in [1.54, 1.807) is 6.08 Å². The Morgan fingerprint density at radius 3 is 2.75 bits per heavy atom. The van der Waals surface area contributed by atoms with E-state index in [0.29, 0.717) is 6.42 Å². The van der Waals surface area contributed by atoms with E-state index in [1.165, 1.54) is 0 Å². The summed E-state index contributed by atoms with van der Waals surface area (Å²) in [6.07, 6.45) is 6.13. The third-order valence-corrected chi connectivity index (χ3v) is 1.28. The summed E-state index contributed by atoms with van der Waals surface area (Å²) in [6, 6.07) is -1.46. The first-order valence-corrected chi connectivity index (χ1v) is 3.41. The number of nitrogens with two attached hydrogens (primary N) is 1. The van der Waals surface area contributed by atoms with Crippen LogP contribution in [0, 0.1) is 0 Å². The molecule has 0 aromatic heterocycles. The molecule has 0 aromatic rings. The zero-order valence-corrected chi connectivity index (χ0v) is 6.33. The Balaban J connectivity index is 2.32. The largest absolute Gasteiger partial charge is 0.351 e. The van der Waals surface area contributed by atoms with E-state index in [0.717, 1.165) is 5.70 Å². The Morgan fingerprint density at radius 2 is 2.25 bits per heavy atom. The lowest BCUT2D eigenvalue weighted by molar-refractivity contribution is 0.233. The third kappa shape index (κ3) is 2.45. The predicted octanol–water partition coefficient (Wildman–Crippen LogP) is 0.208. The van der Waals surface area contributed by atoms with Crippen LogP contribution in [0.15, 0.2) is 23.9 Å². The molecule has 5 nitrogen and oxygen atoms in total. The van der Waals surface area contributed by atoms with Crippen LogP contribution in [-0.4, -0.2) is 12.1 Å². The molecule has 0 unspecified atom stereocenters. The van der Waals surface area contributed by atoms with E-state index in [1.807, 2.05) is 17.5 Å². The maximum absolute atomic E-state index is 10.8. The Hall–Kier alpha value is -1.78. The second kappa shape index (κ2) is 3.56. The molecule has 64 valence electrons. The summed E-state index contributed by atoms with van der Waals surface area (Å²) in [5.41, 5.74) is 5.47. The molecule has 0 heterocycles. The smallest absolute Gasteiger partial charge is 0.327 e. The summed E-state index contributed by atoms with van der Waals surface area (Å²) in [4.78, 5) is 21.0. The Bertz CT molecular complexity index is 268. The van der Waals surface area contributed by atoms with E-state index in [9.17, 15) is 9.59 Å². The van der Waals surface area contributed by atoms with Gasteiger partial charge in [0.25, 0.3) is 0 Å². The van der Waals surface area contributed by atoms with Gasteiger partial charge in [-0.05, 0) is 6.08 Å². The van der Waals surface area contributed by atoms with Gasteiger partial charge in [-0.3, -0.25) is 5.32 Å². The van der Waals surface area contributed by atoms with Gasteiger partial charge in [-0.25, -0.2) is 9.59 Å². The summed E-state index contributed by atoms with van der Waals surface area (Å²) >= 11 is 0. The molecule has 0 atom stereocenters. The van der Waals surface area contributed by atoms with Crippen LogP contribution in [0.5, 0.6) is 0 Å². The van der Waals surface area contributed by atoms with Gasteiger partial charge in [-0.1, -0.05) is 12.2 Å². The van der Waals surface area contributed by atoms with Gasteiger partial charge >= 0.3 is 12.1 Å². The molecule has 0 aliphatic heterocycles. The number of allylic oxidation sites excluding steroid dienone is 3. The molecular formula is C7H9N3O2. The summed E-state index contributed by atoms with van der Waals surface area (Å²) < 4.78 is 0. The van der Waals surface area contributed by atoms with E-state index in [4.69, 9.17) is 5.73 Å². The van der Waals surface area contributed by atoms with Gasteiger partial charge in [0.1, 0.15) is 0 Å². The summed E-state index contributed by atoms with van der Waals surface area (Å²) in [5, 5.41) is 4.35. The highest BCUT2D eigenvalue weighted by atomic mass is 16.2. The fourth-order valence-electron chi connectivity index (χ4n) is 0.829. The van der Waals surface area contributed by atoms with Gasteiger partial charge in [-0.2, -0.15) is 0 Å². The maximum atomic E-state index is 10.8. The summed E-state index contributed by atoms with van der Waals surface area (Å²) in [7, 11) is 0. The summed E-state index contributed by atoms with van der Waals surface area (Å²) in [5.74, 6) is 0. The second-order valence-electron chi connectivity index (χ2n) is 2.27. The Labute approximate surface area is 69.3 Å². The number of hydrogen-bond donors (Lipinski definition) is 3. The van der Waals surface area contributed by atoms with Crippen molar-refractivity contribution in [2.24, 2.45) is 5.73 Å². The molecular weight excluding hydrogens is 158 g/mol. The lowest BCUT2D eigenvalue weighted by Crippen LogP contribution is -2.41. The molecule has 1 aliphatic carbocycles. The second-order valence-corrected chi connectivity index (χ2v) is 2.27. The van der Waals surface area contributed by atoms with Crippen molar-refractivity contribution in [3.63, 3.8) is 0 Å². The number of primary amides is 1. The molecule has 0 radical (unpaired) electrons. The standard InChI is InChI=1S/C7H9N3O2/c8-6(11)10-7(12)9-5-3-1-2-4-5/h1-3H,4H2,(H4,8,9,10,11,12). The monoisotopic (exact) mass is 167 g/mol. The molecule has 5 heteroatoms. The normalized spacial score (nSPS) is 13.8. The van der Waals surface area contributed by atoms with Crippen molar-refractivity contribution < 1.29 is 9.59 Å². The average molecular weight is 167 g/mol. The molecule has 1 aliphatic rings. The zero-order chi connectivity index (χ0) is 8.97. The van der Waals surface area contributed by atoms with Crippen LogP contribution in [0.25, 0.3) is 0 Å². The maximum Gasteiger partial charge on any atom is 0.327 e. The van der Waals surface area contributed by atoms with Gasteiger partial charge < -0.3 is 11.1 Å². The van der Waals surface area contributed by atoms with Crippen molar-refractivity contribution >= 4 is 12.1 Å². The van der Waals surface area contributed by atoms with Crippen LogP contribution in [0.2, 0.25) is 0 Å². The van der Waals surface area contributed by atoms with Crippen molar-refractivity contribution in [3.05, 3.63) is 23.9 Å². The Morgan fingerprint density at radius 1 is 1.50 bits per heavy atom. The molecule has 0 spiro atoms. The fourth-order valence-corrected chi connectivity index (χ4v) is 0.829. The minimum atomic E-state index is -0.862. The van der Waals surface area contributed by atoms with Crippen LogP contribution < -0.4 is 16.4 Å². The number of amides is 4. The van der Waals surface area contributed by atoms with Crippen molar-refractivity contribution in [1.82, 2.24) is 10.6 Å². The first-order valence-electron chi connectivity index (χ1n) is 3.41. The number of rotatable bonds is 1. The molecule has 0 fully saturated rings. The molecule has 0 saturated heterocycles. The molecule has 12 heavy (non-hydrogen) atoms. The van der Waals surface area contributed by atoms with E-state index >= 15 is 0 Å². The first kappa shape index (κ1) is 8.32. The lowest BCUT2D eigenvalue weighted by atomic mass is 10.4. The minimum absolute atomic E-state index is 0.600. The van der Waals surface area contributed by atoms with E-state index < -0.39 is 12.1 Å². The zero-order valence-electron chi connectivity index (χ0n) is 6.33. The van der Waals surface area contributed by atoms with Crippen LogP contribution in [-0.2, 0) is 0 Å². The van der Waals surface area contributed by atoms with E-state index in [-0.39, 0.29) is 0 Å². The van der Waals surface area contributed by atoms with Crippen molar-refractivity contribution in [2.75, 3.05) is 0 Å². The number of urea groups is 2. The molecule has 0 bridgehead atoms. The lowest BCUT2D eigenvalue weighted by Gasteiger charge is -2.03. The number of hydrogen-bond acceptors (Lipinski definition) is 2. The van der Waals surface area contributed by atoms with Crippen LogP contribution in [0.3, 0.4) is 0 Å². The highest BCUT2D eigenvalue weighted by Crippen LogP contribution is 2.05. The van der Waals surface area contributed by atoms with Gasteiger partial charge in [0.05, 0.1) is 0 Å². The summed E-state index contributed by atoms with van der Waals surface area (Å²) in [6.45, 7) is 0. The topological polar surface area (TPSA) is 84.2 Å². The Kier molecular flexibility index (Phi) is 2.47. The number of nitrogens with one attached hydrogen (secondary N) is 2. The number of carbonyl (C=O) groups excluding carboxylic acids is 2. The van der Waals surface area contributed by atoms with Gasteiger partial charge in [0.2, 0.25) is 0 Å². The first-order chi connectivity index (χ1) is 5.68. The fraction of sp³-hybridized carbons (Fsp3) is 0.143. The van der Waals surface area contributed by atoms with E-state index in [2.05, 4.69) is 5.32 Å². The van der Waals surface area contributed by atoms with Gasteiger partial charge in [-0.15, -0.1) is 0 Å². The number of imide groups is 1. The number of carbonyl (C=O) groups is 2. The minimum Gasteiger partial charge on any atom is -0.351 e. The molecule has 0 saturated carbocycles. The van der Waals surface area contributed by atoms with Gasteiger partial charge in [0, 0.05) is 12.1 Å². The molecule has 4 N–H and O–H groups in total. The van der Waals surface area contributed by atoms with Crippen molar-refractivity contribution in [3.8, 4) is 0 Å². The average Bonchev–Trinajstić information content (AvgIpc) is 2.37. The highest BCUT2D eigenvalue weighted by molar-refractivity contribution is 5.93. The van der Waals surface area contributed by atoms with Crippen molar-refractivity contribution in [1.29, 1.82) is 0 Å². The SMILES string of the molecule is NC(=O)NC(=O)NC1=CC=CC1. The van der Waals surface area contributed by atoms with Crippen LogP contribution in [0.4, 0.5) is 9.59 Å². The molecule has 1 rings (SSSR count). The third-order valence-electron chi connectivity index (χ3n) is 1.28.